The van der Waals surface area contributed by atoms with Crippen molar-refractivity contribution in [2.24, 2.45) is 5.92 Å². The normalized spacial score (nSPS) is 15.3. The van der Waals surface area contributed by atoms with Crippen LogP contribution in [0.2, 0.25) is 0 Å². The Morgan fingerprint density at radius 3 is 2.81 bits per heavy atom. The quantitative estimate of drug-likeness (QED) is 0.731. The minimum Gasteiger partial charge on any atom is -0.356 e. The molecule has 0 radical (unpaired) electrons. The number of para-hydroxylation sites is 1. The molecule has 0 aliphatic carbocycles. The lowest BCUT2D eigenvalue weighted by Gasteiger charge is -2.32. The van der Waals surface area contributed by atoms with Gasteiger partial charge >= 0.3 is 0 Å². The van der Waals surface area contributed by atoms with Crippen molar-refractivity contribution in [3.63, 3.8) is 0 Å². The van der Waals surface area contributed by atoms with Gasteiger partial charge in [0.1, 0.15) is 22.8 Å². The lowest BCUT2D eigenvalue weighted by Crippen LogP contribution is -2.38. The summed E-state index contributed by atoms with van der Waals surface area (Å²) >= 11 is 1.71. The number of carbonyl (C=O) groups excluding carboxylic acids is 1. The first-order valence-electron chi connectivity index (χ1n) is 9.19. The summed E-state index contributed by atoms with van der Waals surface area (Å²) in [6.07, 6.45) is 4.04. The average Bonchev–Trinajstić information content (AvgIpc) is 3.13. The summed E-state index contributed by atoms with van der Waals surface area (Å²) in [5, 5.41) is 3.81. The van der Waals surface area contributed by atoms with E-state index >= 15 is 0 Å². The molecular formula is C20H21FN4OS. The van der Waals surface area contributed by atoms with Crippen LogP contribution in [0.4, 0.5) is 15.9 Å². The highest BCUT2D eigenvalue weighted by atomic mass is 32.1. The van der Waals surface area contributed by atoms with Gasteiger partial charge in [-0.2, -0.15) is 0 Å². The molecule has 3 heterocycles. The summed E-state index contributed by atoms with van der Waals surface area (Å²) in [6.45, 7) is 3.63. The van der Waals surface area contributed by atoms with Gasteiger partial charge in [-0.15, -0.1) is 11.3 Å². The van der Waals surface area contributed by atoms with E-state index in [2.05, 4.69) is 33.2 Å². The molecule has 0 bridgehead atoms. The van der Waals surface area contributed by atoms with E-state index in [0.29, 0.717) is 0 Å². The Morgan fingerprint density at radius 2 is 2.07 bits per heavy atom. The summed E-state index contributed by atoms with van der Waals surface area (Å²) in [4.78, 5) is 25.9. The van der Waals surface area contributed by atoms with Gasteiger partial charge in [-0.3, -0.25) is 4.79 Å². The van der Waals surface area contributed by atoms with Crippen molar-refractivity contribution in [1.29, 1.82) is 0 Å². The number of thiophene rings is 1. The number of halogens is 1. The number of nitrogens with one attached hydrogen (secondary N) is 1. The third kappa shape index (κ3) is 3.64. The molecule has 140 valence electrons. The number of hydrogen-bond donors (Lipinski definition) is 1. The van der Waals surface area contributed by atoms with E-state index in [4.69, 9.17) is 0 Å². The topological polar surface area (TPSA) is 58.1 Å². The highest BCUT2D eigenvalue weighted by molar-refractivity contribution is 7.18. The Kier molecular flexibility index (Phi) is 5.03. The second-order valence-corrected chi connectivity index (χ2v) is 7.83. The van der Waals surface area contributed by atoms with E-state index in [1.807, 2.05) is 0 Å². The van der Waals surface area contributed by atoms with Crippen molar-refractivity contribution >= 4 is 39.0 Å². The van der Waals surface area contributed by atoms with Crippen LogP contribution < -0.4 is 10.2 Å². The molecule has 0 atom stereocenters. The van der Waals surface area contributed by atoms with Gasteiger partial charge in [0.25, 0.3) is 0 Å². The van der Waals surface area contributed by atoms with Crippen molar-refractivity contribution in [2.75, 3.05) is 23.3 Å². The summed E-state index contributed by atoms with van der Waals surface area (Å²) in [6, 6.07) is 8.44. The summed E-state index contributed by atoms with van der Waals surface area (Å²) in [7, 11) is 0. The molecule has 3 aromatic rings. The maximum Gasteiger partial charge on any atom is 0.227 e. The van der Waals surface area contributed by atoms with Crippen molar-refractivity contribution in [3.05, 3.63) is 47.4 Å². The molecule has 0 unspecified atom stereocenters. The Morgan fingerprint density at radius 1 is 1.30 bits per heavy atom. The molecule has 27 heavy (non-hydrogen) atoms. The highest BCUT2D eigenvalue weighted by Gasteiger charge is 2.27. The van der Waals surface area contributed by atoms with Crippen molar-refractivity contribution < 1.29 is 9.18 Å². The average molecular weight is 384 g/mol. The van der Waals surface area contributed by atoms with Crippen LogP contribution in [0.25, 0.3) is 10.2 Å². The fourth-order valence-corrected chi connectivity index (χ4v) is 4.40. The number of nitrogens with zero attached hydrogens (tertiary/aromatic N) is 3. The van der Waals surface area contributed by atoms with Gasteiger partial charge in [0.2, 0.25) is 5.91 Å². The summed E-state index contributed by atoms with van der Waals surface area (Å²) in [5.41, 5.74) is 0.243. The highest BCUT2D eigenvalue weighted by Crippen LogP contribution is 2.32. The molecule has 7 heteroatoms. The van der Waals surface area contributed by atoms with Crippen LogP contribution in [0.1, 0.15) is 24.6 Å². The molecule has 1 saturated heterocycles. The van der Waals surface area contributed by atoms with E-state index in [1.54, 1.807) is 35.9 Å². The maximum absolute atomic E-state index is 13.7. The summed E-state index contributed by atoms with van der Waals surface area (Å²) < 4.78 is 13.7. The number of benzene rings is 1. The van der Waals surface area contributed by atoms with Gasteiger partial charge < -0.3 is 10.2 Å². The zero-order valence-corrected chi connectivity index (χ0v) is 15.9. The minimum atomic E-state index is -0.407. The zero-order valence-electron chi connectivity index (χ0n) is 15.1. The van der Waals surface area contributed by atoms with E-state index in [0.717, 1.165) is 48.4 Å². The van der Waals surface area contributed by atoms with Gasteiger partial charge in [-0.25, -0.2) is 14.4 Å². The Hall–Kier alpha value is -2.54. The molecule has 1 N–H and O–H groups in total. The molecule has 2 aromatic heterocycles. The minimum absolute atomic E-state index is 0.114. The Labute approximate surface area is 161 Å². The number of hydrogen-bond acceptors (Lipinski definition) is 5. The van der Waals surface area contributed by atoms with Crippen LogP contribution in [0.15, 0.2) is 36.7 Å². The largest absolute Gasteiger partial charge is 0.356 e. The molecule has 0 spiro atoms. The van der Waals surface area contributed by atoms with Crippen LogP contribution >= 0.6 is 11.3 Å². The van der Waals surface area contributed by atoms with Gasteiger partial charge in [0, 0.05) is 23.9 Å². The third-order valence-corrected chi connectivity index (χ3v) is 6.19. The fourth-order valence-electron chi connectivity index (χ4n) is 3.47. The zero-order chi connectivity index (χ0) is 18.8. The smallest absolute Gasteiger partial charge is 0.227 e. The predicted octanol–water partition coefficient (Wildman–Crippen LogP) is 4.25. The number of carbonyl (C=O) groups is 1. The number of aromatic nitrogens is 2. The van der Waals surface area contributed by atoms with Crippen LogP contribution in [0.5, 0.6) is 0 Å². The van der Waals surface area contributed by atoms with Crippen LogP contribution in [-0.4, -0.2) is 29.0 Å². The number of aryl methyl sites for hydroxylation is 1. The number of anilines is 2. The molecule has 1 amide bonds. The molecule has 1 aromatic carbocycles. The molecule has 1 aliphatic rings. The van der Waals surface area contributed by atoms with Gasteiger partial charge in [-0.1, -0.05) is 19.1 Å². The third-order valence-electron chi connectivity index (χ3n) is 5.00. The molecule has 0 saturated carbocycles. The van der Waals surface area contributed by atoms with Gasteiger partial charge in [0.15, 0.2) is 0 Å². The Bertz CT molecular complexity index is 966. The van der Waals surface area contributed by atoms with E-state index in [-0.39, 0.29) is 17.5 Å². The summed E-state index contributed by atoms with van der Waals surface area (Å²) in [5.74, 6) is 0.308. The maximum atomic E-state index is 13.7. The molecule has 1 aliphatic heterocycles. The molecule has 1 fully saturated rings. The van der Waals surface area contributed by atoms with Crippen molar-refractivity contribution in [3.8, 4) is 0 Å². The number of rotatable bonds is 4. The second-order valence-electron chi connectivity index (χ2n) is 6.71. The Balaban J connectivity index is 1.44. The second kappa shape index (κ2) is 7.60. The lowest BCUT2D eigenvalue weighted by molar-refractivity contribution is -0.120. The first-order chi connectivity index (χ1) is 13.2. The SMILES string of the molecule is CCc1cc2c(N3CCC(C(=O)Nc4ccccc4F)CC3)ncnc2s1. The standard InChI is InChI=1S/C20H21FN4OS/c1-2-14-11-15-18(22-12-23-20(15)27-14)25-9-7-13(8-10-25)19(26)24-17-6-4-3-5-16(17)21/h3-6,11-13H,2,7-10H2,1H3,(H,24,26). The number of fused-ring (bicyclic) bond motifs is 1. The molecular weight excluding hydrogens is 363 g/mol. The van der Waals surface area contributed by atoms with Crippen LogP contribution in [0.3, 0.4) is 0 Å². The van der Waals surface area contributed by atoms with Crippen LogP contribution in [-0.2, 0) is 11.2 Å². The first-order valence-corrected chi connectivity index (χ1v) is 10.0. The lowest BCUT2D eigenvalue weighted by atomic mass is 9.95. The monoisotopic (exact) mass is 384 g/mol. The van der Waals surface area contributed by atoms with E-state index in [1.165, 1.54) is 10.9 Å². The van der Waals surface area contributed by atoms with Crippen molar-refractivity contribution in [1.82, 2.24) is 9.97 Å². The number of amides is 1. The first kappa shape index (κ1) is 17.9. The van der Waals surface area contributed by atoms with Gasteiger partial charge in [0.05, 0.1) is 11.1 Å². The van der Waals surface area contributed by atoms with Gasteiger partial charge in [-0.05, 0) is 37.5 Å². The van der Waals surface area contributed by atoms with E-state index in [9.17, 15) is 9.18 Å². The molecule has 4 rings (SSSR count). The fraction of sp³-hybridized carbons (Fsp3) is 0.350. The van der Waals surface area contributed by atoms with Crippen LogP contribution in [0, 0.1) is 11.7 Å². The van der Waals surface area contributed by atoms with Crippen molar-refractivity contribution in [2.45, 2.75) is 26.2 Å². The molecule has 5 nitrogen and oxygen atoms in total. The number of piperidine rings is 1. The van der Waals surface area contributed by atoms with E-state index < -0.39 is 5.82 Å². The predicted molar refractivity (Wildman–Crippen MR) is 107 cm³/mol.